The van der Waals surface area contributed by atoms with Crippen molar-refractivity contribution in [2.45, 2.75) is 23.7 Å². The molecule has 2 atom stereocenters. The lowest BCUT2D eigenvalue weighted by molar-refractivity contribution is -0.138. The monoisotopic (exact) mass is 559 g/mol. The van der Waals surface area contributed by atoms with Crippen molar-refractivity contribution in [2.75, 3.05) is 12.0 Å². The number of carbonyl (C=O) groups excluding carboxylic acids is 1. The summed E-state index contributed by atoms with van der Waals surface area (Å²) in [6.45, 7) is 0.00575. The molecule has 1 aliphatic heterocycles. The number of nitrogens with zero attached hydrogens (tertiary/aromatic N) is 3. The van der Waals surface area contributed by atoms with Crippen LogP contribution in [0.2, 0.25) is 15.1 Å². The van der Waals surface area contributed by atoms with Gasteiger partial charge < -0.3 is 14.6 Å². The summed E-state index contributed by atoms with van der Waals surface area (Å²) in [6.07, 6.45) is -0.312. The van der Waals surface area contributed by atoms with E-state index in [1.54, 1.807) is 6.07 Å². The number of halogens is 3. The molecule has 1 aromatic heterocycles. The smallest absolute Gasteiger partial charge is 0.305 e. The van der Waals surface area contributed by atoms with Crippen LogP contribution in [-0.4, -0.2) is 39.5 Å². The number of aromatic nitrogens is 2. The quantitative estimate of drug-likeness (QED) is 0.374. The molecule has 1 fully saturated rings. The Balaban J connectivity index is 1.61. The maximum Gasteiger partial charge on any atom is 0.305 e. The third-order valence-corrected chi connectivity index (χ3v) is 7.87. The van der Waals surface area contributed by atoms with E-state index in [-0.39, 0.29) is 34.7 Å². The van der Waals surface area contributed by atoms with Gasteiger partial charge in [-0.05, 0) is 18.2 Å². The number of aliphatic carboxylic acids is 1. The molecule has 0 bridgehead atoms. The molecule has 0 radical (unpaired) electrons. The summed E-state index contributed by atoms with van der Waals surface area (Å²) in [4.78, 5) is 26.0. The zero-order chi connectivity index (χ0) is 24.4. The molecule has 8 nitrogen and oxygen atoms in total. The minimum absolute atomic E-state index is 0.00575. The Hall–Kier alpha value is -2.24. The Kier molecular flexibility index (Phi) is 7.73. The van der Waals surface area contributed by atoms with Gasteiger partial charge in [0.25, 0.3) is 0 Å². The first-order valence-corrected chi connectivity index (χ1v) is 12.6. The second kappa shape index (κ2) is 10.6. The number of hydrogen-bond donors (Lipinski definition) is 1. The van der Waals surface area contributed by atoms with Crippen LogP contribution in [0, 0.1) is 0 Å². The molecule has 0 aliphatic carbocycles. The highest BCUT2D eigenvalue weighted by molar-refractivity contribution is 8.01. The highest BCUT2D eigenvalue weighted by Crippen LogP contribution is 2.49. The van der Waals surface area contributed by atoms with Crippen molar-refractivity contribution in [3.8, 4) is 11.5 Å². The fraction of sp³-hybridized carbons (Fsp3) is 0.238. The van der Waals surface area contributed by atoms with Crippen LogP contribution >= 0.6 is 57.9 Å². The molecule has 1 amide bonds. The molecule has 1 aliphatic rings. The first-order chi connectivity index (χ1) is 16.3. The van der Waals surface area contributed by atoms with E-state index in [1.165, 1.54) is 35.9 Å². The summed E-state index contributed by atoms with van der Waals surface area (Å²) in [6, 6.07) is 10.3. The lowest BCUT2D eigenvalue weighted by Crippen LogP contribution is -2.32. The van der Waals surface area contributed by atoms with Crippen molar-refractivity contribution in [1.29, 1.82) is 0 Å². The number of hydrogen-bond acceptors (Lipinski definition) is 8. The van der Waals surface area contributed by atoms with Crippen LogP contribution in [0.5, 0.6) is 11.5 Å². The average molecular weight is 561 g/mol. The molecule has 1 N–H and O–H groups in total. The van der Waals surface area contributed by atoms with Crippen molar-refractivity contribution in [2.24, 2.45) is 0 Å². The van der Waals surface area contributed by atoms with E-state index in [4.69, 9.17) is 44.3 Å². The number of carboxylic acids is 1. The summed E-state index contributed by atoms with van der Waals surface area (Å²) in [7, 11) is 1.53. The Morgan fingerprint density at radius 3 is 2.56 bits per heavy atom. The topological polar surface area (TPSA) is 102 Å². The molecular weight excluding hydrogens is 545 g/mol. The van der Waals surface area contributed by atoms with Crippen molar-refractivity contribution in [1.82, 2.24) is 10.2 Å². The zero-order valence-electron chi connectivity index (χ0n) is 17.4. The molecule has 2 unspecified atom stereocenters. The minimum atomic E-state index is -1.06. The SMILES string of the molecule is COc1ccccc1C1SC(CC(=O)O)C(=O)N1c1nnc(COc2c(Cl)cc(Cl)cc2Cl)s1. The lowest BCUT2D eigenvalue weighted by Gasteiger charge is -2.22. The van der Waals surface area contributed by atoms with E-state index in [2.05, 4.69) is 10.2 Å². The summed E-state index contributed by atoms with van der Waals surface area (Å²) in [5.74, 6) is -0.593. The fourth-order valence-corrected chi connectivity index (χ4v) is 6.54. The Labute approximate surface area is 217 Å². The molecule has 4 rings (SSSR count). The molecule has 0 spiro atoms. The van der Waals surface area contributed by atoms with Crippen molar-refractivity contribution >= 4 is 74.9 Å². The predicted octanol–water partition coefficient (Wildman–Crippen LogP) is 5.71. The normalized spacial score (nSPS) is 17.8. The highest BCUT2D eigenvalue weighted by atomic mass is 35.5. The number of ether oxygens (including phenoxy) is 2. The molecule has 3 aromatic rings. The van der Waals surface area contributed by atoms with Gasteiger partial charge in [-0.3, -0.25) is 14.5 Å². The number of methoxy groups -OCH3 is 1. The number of carbonyl (C=O) groups is 2. The van der Waals surface area contributed by atoms with Crippen LogP contribution in [-0.2, 0) is 16.2 Å². The molecule has 0 saturated carbocycles. The molecular formula is C21H16Cl3N3O5S2. The summed E-state index contributed by atoms with van der Waals surface area (Å²) < 4.78 is 11.2. The van der Waals surface area contributed by atoms with E-state index in [1.807, 2.05) is 18.2 Å². The number of rotatable bonds is 8. The number of thioether (sulfide) groups is 1. The van der Waals surface area contributed by atoms with Crippen LogP contribution < -0.4 is 14.4 Å². The van der Waals surface area contributed by atoms with Crippen LogP contribution in [0.25, 0.3) is 0 Å². The molecule has 2 aromatic carbocycles. The van der Waals surface area contributed by atoms with Gasteiger partial charge in [-0.15, -0.1) is 22.0 Å². The summed E-state index contributed by atoms with van der Waals surface area (Å²) in [5, 5.41) is 17.9. The van der Waals surface area contributed by atoms with Crippen molar-refractivity contribution < 1.29 is 24.2 Å². The average Bonchev–Trinajstić information content (AvgIpc) is 3.37. The molecule has 34 heavy (non-hydrogen) atoms. The van der Waals surface area contributed by atoms with Gasteiger partial charge in [-0.2, -0.15) is 0 Å². The number of carboxylic acid groups (broad SMARTS) is 1. The number of anilines is 1. The van der Waals surface area contributed by atoms with E-state index in [9.17, 15) is 14.7 Å². The van der Waals surface area contributed by atoms with E-state index in [0.717, 1.165) is 16.9 Å². The van der Waals surface area contributed by atoms with E-state index in [0.29, 0.717) is 20.9 Å². The Morgan fingerprint density at radius 2 is 1.88 bits per heavy atom. The van der Waals surface area contributed by atoms with Gasteiger partial charge >= 0.3 is 5.97 Å². The van der Waals surface area contributed by atoms with Gasteiger partial charge in [-0.25, -0.2) is 0 Å². The van der Waals surface area contributed by atoms with Gasteiger partial charge in [0.2, 0.25) is 11.0 Å². The van der Waals surface area contributed by atoms with Crippen LogP contribution in [0.3, 0.4) is 0 Å². The predicted molar refractivity (Wildman–Crippen MR) is 133 cm³/mol. The molecule has 2 heterocycles. The first-order valence-electron chi connectivity index (χ1n) is 9.71. The second-order valence-electron chi connectivity index (χ2n) is 6.99. The van der Waals surface area contributed by atoms with Gasteiger partial charge in [0.1, 0.15) is 17.7 Å². The minimum Gasteiger partial charge on any atom is -0.496 e. The maximum atomic E-state index is 13.2. The standard InChI is InChI=1S/C21H16Cl3N3O5S2/c1-31-14-5-3-2-4-11(14)20-27(19(30)15(33-20)8-17(28)29)21-26-25-16(34-21)9-32-18-12(23)6-10(22)7-13(18)24/h2-7,15,20H,8-9H2,1H3,(H,28,29). The summed E-state index contributed by atoms with van der Waals surface area (Å²) >= 11 is 20.6. The zero-order valence-corrected chi connectivity index (χ0v) is 21.3. The lowest BCUT2D eigenvalue weighted by atomic mass is 10.1. The maximum absolute atomic E-state index is 13.2. The van der Waals surface area contributed by atoms with Gasteiger partial charge in [0.05, 0.1) is 28.8 Å². The number of amides is 1. The third kappa shape index (κ3) is 5.21. The Bertz CT molecular complexity index is 1220. The van der Waals surface area contributed by atoms with Crippen molar-refractivity contribution in [3.05, 3.63) is 62.0 Å². The van der Waals surface area contributed by atoms with Crippen LogP contribution in [0.4, 0.5) is 5.13 Å². The highest BCUT2D eigenvalue weighted by Gasteiger charge is 2.45. The fourth-order valence-electron chi connectivity index (χ4n) is 3.32. The molecule has 1 saturated heterocycles. The van der Waals surface area contributed by atoms with Gasteiger partial charge in [-0.1, -0.05) is 64.3 Å². The third-order valence-electron chi connectivity index (χ3n) is 4.77. The first kappa shape index (κ1) is 24.9. The second-order valence-corrected chi connectivity index (χ2v) is 10.6. The molecule has 178 valence electrons. The van der Waals surface area contributed by atoms with E-state index < -0.39 is 16.6 Å². The van der Waals surface area contributed by atoms with Gasteiger partial charge in [0, 0.05) is 10.6 Å². The van der Waals surface area contributed by atoms with Crippen LogP contribution in [0.15, 0.2) is 36.4 Å². The largest absolute Gasteiger partial charge is 0.496 e. The van der Waals surface area contributed by atoms with Gasteiger partial charge in [0.15, 0.2) is 10.8 Å². The number of para-hydroxylation sites is 1. The number of benzene rings is 2. The van der Waals surface area contributed by atoms with Crippen molar-refractivity contribution in [3.63, 3.8) is 0 Å². The Morgan fingerprint density at radius 1 is 1.18 bits per heavy atom. The summed E-state index contributed by atoms with van der Waals surface area (Å²) in [5.41, 5.74) is 0.726. The van der Waals surface area contributed by atoms with E-state index >= 15 is 0 Å². The molecule has 13 heteroatoms. The van der Waals surface area contributed by atoms with Crippen LogP contribution in [0.1, 0.15) is 22.4 Å².